The normalized spacial score (nSPS) is 15.0. The lowest BCUT2D eigenvalue weighted by Gasteiger charge is -2.27. The van der Waals surface area contributed by atoms with E-state index in [9.17, 15) is 19.6 Å². The zero-order valence-corrected chi connectivity index (χ0v) is 20.2. The first-order valence-electron chi connectivity index (χ1n) is 12.2. The molecular weight excluding hydrogens is 460 g/mol. The third kappa shape index (κ3) is 9.29. The molecule has 0 unspecified atom stereocenters. The summed E-state index contributed by atoms with van der Waals surface area (Å²) < 4.78 is 10.4. The summed E-state index contributed by atoms with van der Waals surface area (Å²) in [5.41, 5.74) is 1.38. The molecule has 0 aliphatic heterocycles. The smallest absolute Gasteiger partial charge is 0.411 e. The van der Waals surface area contributed by atoms with Gasteiger partial charge < -0.3 is 20.1 Å². The zero-order chi connectivity index (χ0) is 25.6. The largest absolute Gasteiger partial charge is 0.446 e. The van der Waals surface area contributed by atoms with Crippen LogP contribution in [0.25, 0.3) is 0 Å². The fraction of sp³-hybridized carbons (Fsp3) is 0.407. The molecule has 0 radical (unpaired) electrons. The van der Waals surface area contributed by atoms with Crippen molar-refractivity contribution in [2.45, 2.75) is 57.2 Å². The SMILES string of the molecule is N#C[C@H](COC(=O)Nc1ccccc1)NC(=O)[C@H](CC1CCCCC1)NC(=O)OCc1ccccc1. The first-order valence-corrected chi connectivity index (χ1v) is 12.2. The summed E-state index contributed by atoms with van der Waals surface area (Å²) in [6, 6.07) is 18.0. The summed E-state index contributed by atoms with van der Waals surface area (Å²) in [5.74, 6) is -0.229. The number of nitrogens with one attached hydrogen (secondary N) is 3. The van der Waals surface area contributed by atoms with Gasteiger partial charge in [0.2, 0.25) is 5.91 Å². The first kappa shape index (κ1) is 26.5. The molecule has 3 rings (SSSR count). The van der Waals surface area contributed by atoms with E-state index in [0.29, 0.717) is 12.1 Å². The van der Waals surface area contributed by atoms with Crippen LogP contribution in [0.15, 0.2) is 60.7 Å². The van der Waals surface area contributed by atoms with Gasteiger partial charge in [0.05, 0.1) is 6.07 Å². The molecule has 1 saturated carbocycles. The van der Waals surface area contributed by atoms with Crippen LogP contribution in [-0.4, -0.2) is 36.8 Å². The molecule has 0 spiro atoms. The maximum Gasteiger partial charge on any atom is 0.411 e. The zero-order valence-electron chi connectivity index (χ0n) is 20.2. The number of hydrogen-bond donors (Lipinski definition) is 3. The van der Waals surface area contributed by atoms with Crippen LogP contribution in [0.3, 0.4) is 0 Å². The Hall–Kier alpha value is -4.06. The summed E-state index contributed by atoms with van der Waals surface area (Å²) in [5, 5.41) is 17.3. The van der Waals surface area contributed by atoms with Gasteiger partial charge in [-0.2, -0.15) is 5.26 Å². The number of hydrogen-bond acceptors (Lipinski definition) is 6. The predicted molar refractivity (Wildman–Crippen MR) is 134 cm³/mol. The van der Waals surface area contributed by atoms with Crippen molar-refractivity contribution in [1.82, 2.24) is 10.6 Å². The van der Waals surface area contributed by atoms with Crippen LogP contribution in [0, 0.1) is 17.2 Å². The Morgan fingerprint density at radius 3 is 2.22 bits per heavy atom. The van der Waals surface area contributed by atoms with Crippen LogP contribution in [0.2, 0.25) is 0 Å². The number of nitrogens with zero attached hydrogens (tertiary/aromatic N) is 1. The maximum atomic E-state index is 13.0. The molecule has 3 N–H and O–H groups in total. The molecule has 3 amide bonds. The fourth-order valence-electron chi connectivity index (χ4n) is 4.11. The van der Waals surface area contributed by atoms with Crippen molar-refractivity contribution in [3.63, 3.8) is 0 Å². The van der Waals surface area contributed by atoms with Gasteiger partial charge in [0.15, 0.2) is 6.04 Å². The van der Waals surface area contributed by atoms with E-state index >= 15 is 0 Å². The average molecular weight is 493 g/mol. The summed E-state index contributed by atoms with van der Waals surface area (Å²) >= 11 is 0. The summed E-state index contributed by atoms with van der Waals surface area (Å²) in [6.07, 6.45) is 4.30. The van der Waals surface area contributed by atoms with E-state index in [1.165, 1.54) is 6.42 Å². The van der Waals surface area contributed by atoms with E-state index in [1.807, 2.05) is 42.5 Å². The highest BCUT2D eigenvalue weighted by molar-refractivity contribution is 5.86. The standard InChI is InChI=1S/C27H32N4O5/c28-17-23(19-36-26(33)30-22-14-8-3-9-15-22)29-25(32)24(16-20-10-4-1-5-11-20)31-27(34)35-18-21-12-6-2-7-13-21/h2-3,6-9,12-15,20,23-24H,1,4-5,10-11,16,18-19H2,(H,29,32)(H,30,33)(H,31,34)/t23-,24+/m1/s1. The lowest BCUT2D eigenvalue weighted by Crippen LogP contribution is -2.51. The van der Waals surface area contributed by atoms with Gasteiger partial charge in [-0.3, -0.25) is 10.1 Å². The lowest BCUT2D eigenvalue weighted by atomic mass is 9.84. The van der Waals surface area contributed by atoms with E-state index in [-0.39, 0.29) is 19.1 Å². The van der Waals surface area contributed by atoms with E-state index in [1.54, 1.807) is 24.3 Å². The highest BCUT2D eigenvalue weighted by Crippen LogP contribution is 2.27. The Balaban J connectivity index is 1.53. The number of alkyl carbamates (subject to hydrolysis) is 1. The van der Waals surface area contributed by atoms with Gasteiger partial charge in [0.25, 0.3) is 0 Å². The van der Waals surface area contributed by atoms with Crippen molar-refractivity contribution in [3.8, 4) is 6.07 Å². The van der Waals surface area contributed by atoms with Gasteiger partial charge in [0.1, 0.15) is 19.3 Å². The van der Waals surface area contributed by atoms with Gasteiger partial charge in [-0.1, -0.05) is 80.6 Å². The molecule has 0 heterocycles. The highest BCUT2D eigenvalue weighted by Gasteiger charge is 2.28. The van der Waals surface area contributed by atoms with Crippen molar-refractivity contribution in [1.29, 1.82) is 5.26 Å². The number of ether oxygens (including phenoxy) is 2. The number of rotatable bonds is 10. The van der Waals surface area contributed by atoms with Gasteiger partial charge >= 0.3 is 12.2 Å². The molecule has 1 aliphatic rings. The van der Waals surface area contributed by atoms with Crippen LogP contribution in [0.1, 0.15) is 44.1 Å². The van der Waals surface area contributed by atoms with Gasteiger partial charge in [-0.15, -0.1) is 0 Å². The Kier molecular flexibility index (Phi) is 10.6. The molecule has 0 saturated heterocycles. The minimum absolute atomic E-state index is 0.0790. The molecule has 2 atom stereocenters. The van der Waals surface area contributed by atoms with Crippen molar-refractivity contribution < 1.29 is 23.9 Å². The second kappa shape index (κ2) is 14.4. The number of benzene rings is 2. The molecule has 0 aromatic heterocycles. The predicted octanol–water partition coefficient (Wildman–Crippen LogP) is 4.51. The topological polar surface area (TPSA) is 130 Å². The van der Waals surface area contributed by atoms with Crippen molar-refractivity contribution in [2.24, 2.45) is 5.92 Å². The number of para-hydroxylation sites is 1. The molecule has 9 heteroatoms. The minimum atomic E-state index is -1.07. The fourth-order valence-corrected chi connectivity index (χ4v) is 4.11. The van der Waals surface area contributed by atoms with Crippen molar-refractivity contribution in [2.75, 3.05) is 11.9 Å². The Morgan fingerprint density at radius 1 is 0.889 bits per heavy atom. The maximum absolute atomic E-state index is 13.0. The quantitative estimate of drug-likeness (QED) is 0.447. The van der Waals surface area contributed by atoms with E-state index in [4.69, 9.17) is 9.47 Å². The Bertz CT molecular complexity index is 1020. The van der Waals surface area contributed by atoms with Crippen molar-refractivity contribution >= 4 is 23.8 Å². The van der Waals surface area contributed by atoms with Crippen LogP contribution >= 0.6 is 0 Å². The van der Waals surface area contributed by atoms with E-state index < -0.39 is 30.2 Å². The third-order valence-electron chi connectivity index (χ3n) is 5.99. The average Bonchev–Trinajstić information content (AvgIpc) is 2.91. The highest BCUT2D eigenvalue weighted by atomic mass is 16.6. The minimum Gasteiger partial charge on any atom is -0.446 e. The van der Waals surface area contributed by atoms with Crippen LogP contribution in [0.5, 0.6) is 0 Å². The summed E-state index contributed by atoms with van der Waals surface area (Å²) in [4.78, 5) is 37.5. The molecule has 190 valence electrons. The molecule has 0 bridgehead atoms. The molecule has 2 aromatic carbocycles. The molecular formula is C27H32N4O5. The Morgan fingerprint density at radius 2 is 1.56 bits per heavy atom. The van der Waals surface area contributed by atoms with Crippen LogP contribution in [0.4, 0.5) is 15.3 Å². The number of amides is 3. The van der Waals surface area contributed by atoms with Crippen LogP contribution < -0.4 is 16.0 Å². The summed E-state index contributed by atoms with van der Waals surface area (Å²) in [6.45, 7) is -0.259. The van der Waals surface area contributed by atoms with Gasteiger partial charge in [-0.25, -0.2) is 9.59 Å². The van der Waals surface area contributed by atoms with Crippen molar-refractivity contribution in [3.05, 3.63) is 66.2 Å². The second-order valence-electron chi connectivity index (χ2n) is 8.78. The lowest BCUT2D eigenvalue weighted by molar-refractivity contribution is -0.124. The van der Waals surface area contributed by atoms with Gasteiger partial charge in [-0.05, 0) is 30.0 Å². The molecule has 36 heavy (non-hydrogen) atoms. The number of anilines is 1. The van der Waals surface area contributed by atoms with Gasteiger partial charge in [0, 0.05) is 5.69 Å². The Labute approximate surface area is 211 Å². The third-order valence-corrected chi connectivity index (χ3v) is 5.99. The second-order valence-corrected chi connectivity index (χ2v) is 8.78. The monoisotopic (exact) mass is 492 g/mol. The number of carbonyl (C=O) groups excluding carboxylic acids is 3. The molecule has 2 aromatic rings. The van der Waals surface area contributed by atoms with E-state index in [0.717, 1.165) is 31.2 Å². The molecule has 1 fully saturated rings. The summed E-state index contributed by atoms with van der Waals surface area (Å²) in [7, 11) is 0. The number of nitriles is 1. The molecule has 9 nitrogen and oxygen atoms in total. The number of carbonyl (C=O) groups is 3. The molecule has 1 aliphatic carbocycles. The first-order chi connectivity index (χ1) is 17.5. The van der Waals surface area contributed by atoms with Crippen LogP contribution in [-0.2, 0) is 20.9 Å². The van der Waals surface area contributed by atoms with E-state index in [2.05, 4.69) is 16.0 Å².